The molecule has 0 unspecified atom stereocenters. The van der Waals surface area contributed by atoms with E-state index >= 15 is 0 Å². The zero-order chi connectivity index (χ0) is 11.4. The van der Waals surface area contributed by atoms with Crippen molar-refractivity contribution in [2.24, 2.45) is 0 Å². The van der Waals surface area contributed by atoms with E-state index < -0.39 is 0 Å². The van der Waals surface area contributed by atoms with Crippen molar-refractivity contribution in [3.8, 4) is 5.75 Å². The standard InChI is InChI=1S/C13H11ClO2/c14-11-5-7-12(8-6-11)16-13-4-2-1-3-10(13)9-15/h3-9H,1-2H2. The van der Waals surface area contributed by atoms with E-state index in [0.717, 1.165) is 19.1 Å². The highest BCUT2D eigenvalue weighted by atomic mass is 35.5. The topological polar surface area (TPSA) is 26.3 Å². The van der Waals surface area contributed by atoms with Gasteiger partial charge in [0.2, 0.25) is 0 Å². The maximum Gasteiger partial charge on any atom is 0.153 e. The van der Waals surface area contributed by atoms with Crippen molar-refractivity contribution in [2.75, 3.05) is 0 Å². The van der Waals surface area contributed by atoms with Crippen LogP contribution in [-0.2, 0) is 4.79 Å². The van der Waals surface area contributed by atoms with Crippen LogP contribution in [-0.4, -0.2) is 6.29 Å². The van der Waals surface area contributed by atoms with E-state index in [4.69, 9.17) is 16.3 Å². The quantitative estimate of drug-likeness (QED) is 0.748. The predicted octanol–water partition coefficient (Wildman–Crippen LogP) is 3.52. The summed E-state index contributed by atoms with van der Waals surface area (Å²) >= 11 is 5.77. The van der Waals surface area contributed by atoms with Crippen LogP contribution in [0.3, 0.4) is 0 Å². The number of ether oxygens (including phenoxy) is 1. The Hall–Kier alpha value is -1.54. The number of aldehydes is 1. The summed E-state index contributed by atoms with van der Waals surface area (Å²) in [7, 11) is 0. The normalized spacial score (nSPS) is 15.1. The van der Waals surface area contributed by atoms with Crippen LogP contribution in [0.25, 0.3) is 0 Å². The number of allylic oxidation sites excluding steroid dienone is 3. The van der Waals surface area contributed by atoms with Crippen LogP contribution < -0.4 is 4.74 Å². The molecule has 2 nitrogen and oxygen atoms in total. The van der Waals surface area contributed by atoms with Gasteiger partial charge in [0, 0.05) is 5.02 Å². The number of hydrogen-bond acceptors (Lipinski definition) is 2. The lowest BCUT2D eigenvalue weighted by Crippen LogP contribution is -2.03. The van der Waals surface area contributed by atoms with Crippen LogP contribution >= 0.6 is 11.6 Å². The molecule has 0 saturated carbocycles. The third-order valence-corrected chi connectivity index (χ3v) is 2.57. The summed E-state index contributed by atoms with van der Waals surface area (Å²) in [6.45, 7) is 0. The fraction of sp³-hybridized carbons (Fsp3) is 0.154. The molecule has 0 heterocycles. The smallest absolute Gasteiger partial charge is 0.153 e. The third-order valence-electron chi connectivity index (χ3n) is 2.31. The number of benzene rings is 1. The van der Waals surface area contributed by atoms with Gasteiger partial charge in [-0.1, -0.05) is 17.7 Å². The molecule has 82 valence electrons. The van der Waals surface area contributed by atoms with E-state index in [2.05, 4.69) is 0 Å². The van der Waals surface area contributed by atoms with Crippen molar-refractivity contribution in [3.05, 3.63) is 52.8 Å². The average molecular weight is 235 g/mol. The van der Waals surface area contributed by atoms with Gasteiger partial charge >= 0.3 is 0 Å². The highest BCUT2D eigenvalue weighted by Crippen LogP contribution is 2.23. The Balaban J connectivity index is 2.15. The van der Waals surface area contributed by atoms with Crippen molar-refractivity contribution >= 4 is 17.9 Å². The molecule has 0 aromatic heterocycles. The van der Waals surface area contributed by atoms with E-state index in [1.165, 1.54) is 0 Å². The Morgan fingerprint density at radius 1 is 1.12 bits per heavy atom. The van der Waals surface area contributed by atoms with Crippen LogP contribution in [0, 0.1) is 0 Å². The zero-order valence-electron chi connectivity index (χ0n) is 8.65. The lowest BCUT2D eigenvalue weighted by molar-refractivity contribution is -0.104. The summed E-state index contributed by atoms with van der Waals surface area (Å²) in [5, 5.41) is 0.663. The Morgan fingerprint density at radius 2 is 1.81 bits per heavy atom. The molecular formula is C13H11ClO2. The SMILES string of the molecule is O=CC1=CCCC=C1Oc1ccc(Cl)cc1. The second kappa shape index (κ2) is 4.99. The van der Waals surface area contributed by atoms with E-state index in [-0.39, 0.29) is 0 Å². The second-order valence-electron chi connectivity index (χ2n) is 3.48. The van der Waals surface area contributed by atoms with E-state index in [9.17, 15) is 4.79 Å². The van der Waals surface area contributed by atoms with Gasteiger partial charge in [-0.3, -0.25) is 4.79 Å². The predicted molar refractivity (Wildman–Crippen MR) is 63.5 cm³/mol. The molecule has 1 aromatic rings. The monoisotopic (exact) mass is 234 g/mol. The minimum absolute atomic E-state index is 0.612. The first-order valence-corrected chi connectivity index (χ1v) is 5.46. The van der Waals surface area contributed by atoms with Crippen molar-refractivity contribution < 1.29 is 9.53 Å². The van der Waals surface area contributed by atoms with E-state index in [1.54, 1.807) is 24.3 Å². The van der Waals surface area contributed by atoms with Gasteiger partial charge in [-0.2, -0.15) is 0 Å². The van der Waals surface area contributed by atoms with Crippen molar-refractivity contribution in [1.29, 1.82) is 0 Å². The van der Waals surface area contributed by atoms with E-state index in [0.29, 0.717) is 22.1 Å². The summed E-state index contributed by atoms with van der Waals surface area (Å²) in [4.78, 5) is 10.8. The molecule has 1 aromatic carbocycles. The van der Waals surface area contributed by atoms with Gasteiger partial charge in [0.25, 0.3) is 0 Å². The Bertz CT molecular complexity index is 444. The molecule has 0 saturated heterocycles. The summed E-state index contributed by atoms with van der Waals surface area (Å²) in [5.74, 6) is 1.31. The molecule has 3 heteroatoms. The van der Waals surface area contributed by atoms with Crippen molar-refractivity contribution in [2.45, 2.75) is 12.8 Å². The molecule has 0 fully saturated rings. The second-order valence-corrected chi connectivity index (χ2v) is 3.92. The fourth-order valence-electron chi connectivity index (χ4n) is 1.51. The first kappa shape index (κ1) is 11.0. The van der Waals surface area contributed by atoms with Crippen molar-refractivity contribution in [3.63, 3.8) is 0 Å². The third kappa shape index (κ3) is 2.52. The van der Waals surface area contributed by atoms with E-state index in [1.807, 2.05) is 12.2 Å². The molecule has 0 aliphatic heterocycles. The molecule has 2 rings (SSSR count). The van der Waals surface area contributed by atoms with Gasteiger partial charge < -0.3 is 4.74 Å². The van der Waals surface area contributed by atoms with Crippen LogP contribution in [0.4, 0.5) is 0 Å². The summed E-state index contributed by atoms with van der Waals surface area (Å²) in [5.41, 5.74) is 0.612. The Labute approximate surface area is 99.2 Å². The minimum Gasteiger partial charge on any atom is -0.457 e. The van der Waals surface area contributed by atoms with Gasteiger partial charge in [-0.05, 0) is 43.2 Å². The molecule has 0 N–H and O–H groups in total. The largest absolute Gasteiger partial charge is 0.457 e. The molecule has 0 amide bonds. The molecule has 0 atom stereocenters. The molecule has 1 aliphatic carbocycles. The summed E-state index contributed by atoms with van der Waals surface area (Å²) < 4.78 is 5.62. The summed E-state index contributed by atoms with van der Waals surface area (Å²) in [6.07, 6.45) is 6.43. The minimum atomic E-state index is 0.612. The number of halogens is 1. The Kier molecular flexibility index (Phi) is 3.42. The highest BCUT2D eigenvalue weighted by Gasteiger charge is 2.10. The van der Waals surface area contributed by atoms with Gasteiger partial charge in [0.05, 0.1) is 5.57 Å². The lowest BCUT2D eigenvalue weighted by Gasteiger charge is -2.13. The molecule has 16 heavy (non-hydrogen) atoms. The fourth-order valence-corrected chi connectivity index (χ4v) is 1.63. The van der Waals surface area contributed by atoms with Crippen LogP contribution in [0.2, 0.25) is 5.02 Å². The lowest BCUT2D eigenvalue weighted by atomic mass is 10.1. The van der Waals surface area contributed by atoms with Gasteiger partial charge in [-0.25, -0.2) is 0 Å². The number of carbonyl (C=O) groups excluding carboxylic acids is 1. The maximum absolute atomic E-state index is 10.8. The van der Waals surface area contributed by atoms with Crippen LogP contribution in [0.1, 0.15) is 12.8 Å². The first-order chi connectivity index (χ1) is 7.79. The molecule has 0 spiro atoms. The van der Waals surface area contributed by atoms with Crippen LogP contribution in [0.5, 0.6) is 5.75 Å². The number of hydrogen-bond donors (Lipinski definition) is 0. The van der Waals surface area contributed by atoms with Gasteiger partial charge in [0.1, 0.15) is 11.5 Å². The average Bonchev–Trinajstić information content (AvgIpc) is 2.33. The summed E-state index contributed by atoms with van der Waals surface area (Å²) in [6, 6.07) is 7.07. The highest BCUT2D eigenvalue weighted by molar-refractivity contribution is 6.30. The van der Waals surface area contributed by atoms with Crippen LogP contribution in [0.15, 0.2) is 47.7 Å². The maximum atomic E-state index is 10.8. The first-order valence-electron chi connectivity index (χ1n) is 5.09. The number of carbonyl (C=O) groups is 1. The van der Waals surface area contributed by atoms with Gasteiger partial charge in [-0.15, -0.1) is 0 Å². The van der Waals surface area contributed by atoms with Crippen molar-refractivity contribution in [1.82, 2.24) is 0 Å². The molecular weight excluding hydrogens is 224 g/mol. The molecule has 0 bridgehead atoms. The number of rotatable bonds is 3. The molecule has 0 radical (unpaired) electrons. The Morgan fingerprint density at radius 3 is 2.50 bits per heavy atom. The van der Waals surface area contributed by atoms with Gasteiger partial charge in [0.15, 0.2) is 6.29 Å². The zero-order valence-corrected chi connectivity index (χ0v) is 9.41. The molecule has 1 aliphatic rings.